The van der Waals surface area contributed by atoms with Gasteiger partial charge in [-0.05, 0) is 61.3 Å². The number of aryl methyl sites for hydroxylation is 3. The molecule has 0 aromatic heterocycles. The molecule has 0 unspecified atom stereocenters. The van der Waals surface area contributed by atoms with Crippen LogP contribution in [0.3, 0.4) is 0 Å². The van der Waals surface area contributed by atoms with Crippen molar-refractivity contribution >= 4 is 23.1 Å². The fourth-order valence-corrected chi connectivity index (χ4v) is 2.52. The van der Waals surface area contributed by atoms with Crippen LogP contribution in [0.15, 0.2) is 36.4 Å². The normalized spacial score (nSPS) is 10.3. The Bertz CT molecular complexity index is 698. The summed E-state index contributed by atoms with van der Waals surface area (Å²) in [5, 5.41) is 3.46. The van der Waals surface area contributed by atoms with E-state index < -0.39 is 0 Å². The zero-order chi connectivity index (χ0) is 16.8. The minimum absolute atomic E-state index is 0.349. The lowest BCUT2D eigenvalue weighted by Crippen LogP contribution is -2.13. The van der Waals surface area contributed by atoms with Crippen molar-refractivity contribution in [2.45, 2.75) is 33.8 Å². The van der Waals surface area contributed by atoms with E-state index in [0.717, 1.165) is 29.0 Å². The van der Waals surface area contributed by atoms with Gasteiger partial charge in [0.2, 0.25) is 0 Å². The second-order valence-electron chi connectivity index (χ2n) is 5.47. The highest BCUT2D eigenvalue weighted by Gasteiger charge is 2.10. The van der Waals surface area contributed by atoms with Crippen molar-refractivity contribution in [2.75, 3.05) is 12.4 Å². The van der Waals surface area contributed by atoms with Gasteiger partial charge in [0.05, 0.1) is 7.11 Å². The van der Waals surface area contributed by atoms with Gasteiger partial charge in [0.25, 0.3) is 5.17 Å². The Morgan fingerprint density at radius 2 is 1.96 bits per heavy atom. The van der Waals surface area contributed by atoms with Gasteiger partial charge in [0.15, 0.2) is 0 Å². The van der Waals surface area contributed by atoms with Crippen LogP contribution in [0.5, 0.6) is 5.75 Å². The summed E-state index contributed by atoms with van der Waals surface area (Å²) in [4.78, 5) is 0. The minimum atomic E-state index is 0.349. The molecule has 0 atom stereocenters. The largest absolute Gasteiger partial charge is 0.489 e. The predicted octanol–water partition coefficient (Wildman–Crippen LogP) is 4.79. The zero-order valence-electron chi connectivity index (χ0n) is 14.1. The topological polar surface area (TPSA) is 30.5 Å². The van der Waals surface area contributed by atoms with Crippen LogP contribution < -0.4 is 10.1 Å². The summed E-state index contributed by atoms with van der Waals surface area (Å²) in [5.74, 6) is 0.941. The Balaban J connectivity index is 2.23. The first kappa shape index (κ1) is 17.3. The second-order valence-corrected chi connectivity index (χ2v) is 5.84. The number of nitrogens with one attached hydrogen (secondary N) is 1. The maximum Gasteiger partial charge on any atom is 0.260 e. The molecule has 23 heavy (non-hydrogen) atoms. The molecule has 0 fully saturated rings. The van der Waals surface area contributed by atoms with Crippen molar-refractivity contribution in [1.29, 1.82) is 0 Å². The first-order valence-corrected chi connectivity index (χ1v) is 8.11. The van der Waals surface area contributed by atoms with Gasteiger partial charge in [0, 0.05) is 11.3 Å². The average Bonchev–Trinajstić information content (AvgIpc) is 2.54. The Morgan fingerprint density at radius 1 is 1.17 bits per heavy atom. The number of anilines is 1. The summed E-state index contributed by atoms with van der Waals surface area (Å²) in [6.45, 7) is 6.76. The smallest absolute Gasteiger partial charge is 0.260 e. The Kier molecular flexibility index (Phi) is 5.99. The first-order chi connectivity index (χ1) is 11.0. The number of ether oxygens (including phenoxy) is 2. The van der Waals surface area contributed by atoms with Gasteiger partial charge in [-0.25, -0.2) is 0 Å². The third-order valence-electron chi connectivity index (χ3n) is 3.81. The summed E-state index contributed by atoms with van der Waals surface area (Å²) in [6.07, 6.45) is 0.947. The van der Waals surface area contributed by atoms with Crippen molar-refractivity contribution in [3.63, 3.8) is 0 Å². The number of hydrogen-bond acceptors (Lipinski definition) is 3. The summed E-state index contributed by atoms with van der Waals surface area (Å²) >= 11 is 5.10. The maximum absolute atomic E-state index is 6.11. The maximum atomic E-state index is 6.11. The molecular weight excluding hydrogens is 306 g/mol. The molecule has 3 nitrogen and oxygen atoms in total. The Morgan fingerprint density at radius 3 is 2.65 bits per heavy atom. The number of benzene rings is 2. The van der Waals surface area contributed by atoms with E-state index in [4.69, 9.17) is 21.7 Å². The van der Waals surface area contributed by atoms with Crippen LogP contribution in [-0.4, -0.2) is 12.3 Å². The number of rotatable bonds is 5. The third kappa shape index (κ3) is 4.45. The molecule has 0 saturated carbocycles. The molecule has 122 valence electrons. The van der Waals surface area contributed by atoms with Crippen LogP contribution in [0.25, 0.3) is 0 Å². The van der Waals surface area contributed by atoms with Gasteiger partial charge in [-0.1, -0.05) is 31.2 Å². The van der Waals surface area contributed by atoms with E-state index in [1.54, 1.807) is 7.11 Å². The van der Waals surface area contributed by atoms with Crippen molar-refractivity contribution in [3.05, 3.63) is 58.7 Å². The molecule has 2 aromatic carbocycles. The molecule has 0 spiro atoms. The fraction of sp³-hybridized carbons (Fsp3) is 0.316. The van der Waals surface area contributed by atoms with Gasteiger partial charge in [-0.2, -0.15) is 0 Å². The van der Waals surface area contributed by atoms with Crippen LogP contribution in [0.2, 0.25) is 0 Å². The monoisotopic (exact) mass is 329 g/mol. The summed E-state index contributed by atoms with van der Waals surface area (Å²) < 4.78 is 11.2. The highest BCUT2D eigenvalue weighted by atomic mass is 32.1. The van der Waals surface area contributed by atoms with Crippen molar-refractivity contribution < 1.29 is 9.47 Å². The lowest BCUT2D eigenvalue weighted by Gasteiger charge is -2.17. The SMILES string of the molecule is CCc1ccc(C)cc1OCc1c(C)cccc1NC(=S)OC. The van der Waals surface area contributed by atoms with Crippen LogP contribution in [0.4, 0.5) is 5.69 Å². The number of hydrogen-bond donors (Lipinski definition) is 1. The Labute approximate surface area is 143 Å². The highest BCUT2D eigenvalue weighted by Crippen LogP contribution is 2.25. The summed E-state index contributed by atoms with van der Waals surface area (Å²) in [5.41, 5.74) is 5.56. The minimum Gasteiger partial charge on any atom is -0.489 e. The standard InChI is InChI=1S/C19H23NO2S/c1-5-15-10-9-13(2)11-18(15)22-12-16-14(3)7-6-8-17(16)20-19(23)21-4/h6-11H,5,12H2,1-4H3,(H,20,23). The second kappa shape index (κ2) is 7.97. The third-order valence-corrected chi connectivity index (χ3v) is 4.08. The van der Waals surface area contributed by atoms with Gasteiger partial charge >= 0.3 is 0 Å². The van der Waals surface area contributed by atoms with Gasteiger partial charge in [0.1, 0.15) is 12.4 Å². The average molecular weight is 329 g/mol. The molecule has 0 aliphatic rings. The fourth-order valence-electron chi connectivity index (χ4n) is 2.41. The highest BCUT2D eigenvalue weighted by molar-refractivity contribution is 7.80. The molecule has 0 radical (unpaired) electrons. The molecule has 0 bridgehead atoms. The van der Waals surface area contributed by atoms with Crippen LogP contribution in [0, 0.1) is 13.8 Å². The van der Waals surface area contributed by atoms with Crippen LogP contribution >= 0.6 is 12.2 Å². The molecular formula is C19H23NO2S. The first-order valence-electron chi connectivity index (χ1n) is 7.71. The van der Waals surface area contributed by atoms with E-state index in [0.29, 0.717) is 11.8 Å². The van der Waals surface area contributed by atoms with E-state index in [2.05, 4.69) is 50.4 Å². The van der Waals surface area contributed by atoms with E-state index >= 15 is 0 Å². The van der Waals surface area contributed by atoms with Crippen molar-refractivity contribution in [1.82, 2.24) is 0 Å². The molecule has 0 saturated heterocycles. The number of methoxy groups -OCH3 is 1. The number of thiocarbonyl (C=S) groups is 1. The molecule has 1 N–H and O–H groups in total. The molecule has 2 rings (SSSR count). The lowest BCUT2D eigenvalue weighted by atomic mass is 10.1. The van der Waals surface area contributed by atoms with Gasteiger partial charge in [-0.3, -0.25) is 0 Å². The zero-order valence-corrected chi connectivity index (χ0v) is 14.9. The van der Waals surface area contributed by atoms with E-state index in [9.17, 15) is 0 Å². The molecule has 2 aromatic rings. The van der Waals surface area contributed by atoms with E-state index in [-0.39, 0.29) is 0 Å². The lowest BCUT2D eigenvalue weighted by molar-refractivity contribution is 0.303. The van der Waals surface area contributed by atoms with E-state index in [1.807, 2.05) is 12.1 Å². The van der Waals surface area contributed by atoms with Gasteiger partial charge in [-0.15, -0.1) is 0 Å². The summed E-state index contributed by atoms with van der Waals surface area (Å²) in [6, 6.07) is 12.4. The molecule has 0 aliphatic heterocycles. The Hall–Kier alpha value is -2.07. The van der Waals surface area contributed by atoms with Crippen LogP contribution in [-0.2, 0) is 17.8 Å². The van der Waals surface area contributed by atoms with Crippen LogP contribution in [0.1, 0.15) is 29.2 Å². The molecule has 0 heterocycles. The molecule has 0 aliphatic carbocycles. The molecule has 0 amide bonds. The molecule has 4 heteroatoms. The van der Waals surface area contributed by atoms with Gasteiger partial charge < -0.3 is 14.8 Å². The van der Waals surface area contributed by atoms with Crippen molar-refractivity contribution in [2.24, 2.45) is 0 Å². The quantitative estimate of drug-likeness (QED) is 0.799. The van der Waals surface area contributed by atoms with E-state index in [1.165, 1.54) is 11.1 Å². The predicted molar refractivity (Wildman–Crippen MR) is 99.3 cm³/mol. The van der Waals surface area contributed by atoms with Crippen molar-refractivity contribution in [3.8, 4) is 5.75 Å². The summed E-state index contributed by atoms with van der Waals surface area (Å²) in [7, 11) is 1.56.